The van der Waals surface area contributed by atoms with Crippen LogP contribution in [0.5, 0.6) is 0 Å². The van der Waals surface area contributed by atoms with Crippen LogP contribution in [0.1, 0.15) is 31.2 Å². The average molecular weight is 254 g/mol. The molecule has 0 aromatic heterocycles. The van der Waals surface area contributed by atoms with Crippen molar-refractivity contribution in [3.63, 3.8) is 0 Å². The summed E-state index contributed by atoms with van der Waals surface area (Å²) >= 11 is 0. The van der Waals surface area contributed by atoms with Crippen LogP contribution in [0.25, 0.3) is 0 Å². The Bertz CT molecular complexity index is 426. The number of benzene rings is 1. The van der Waals surface area contributed by atoms with Crippen LogP contribution in [0.3, 0.4) is 0 Å². The van der Waals surface area contributed by atoms with Crippen LogP contribution in [0.4, 0.5) is 8.78 Å². The summed E-state index contributed by atoms with van der Waals surface area (Å²) in [6.07, 6.45) is 3.18. The second kappa shape index (κ2) is 6.05. The van der Waals surface area contributed by atoms with Gasteiger partial charge in [0.05, 0.1) is 6.10 Å². The molecule has 0 aliphatic carbocycles. The molecule has 0 saturated carbocycles. The Hall–Kier alpha value is -1.29. The summed E-state index contributed by atoms with van der Waals surface area (Å²) in [4.78, 5) is 11.7. The van der Waals surface area contributed by atoms with Gasteiger partial charge in [-0.15, -0.1) is 0 Å². The fourth-order valence-corrected chi connectivity index (χ4v) is 2.18. The highest BCUT2D eigenvalue weighted by molar-refractivity contribution is 5.80. The van der Waals surface area contributed by atoms with Gasteiger partial charge in [0.25, 0.3) is 0 Å². The van der Waals surface area contributed by atoms with E-state index >= 15 is 0 Å². The van der Waals surface area contributed by atoms with Gasteiger partial charge in [0, 0.05) is 19.4 Å². The number of halogens is 2. The number of rotatable bonds is 5. The minimum absolute atomic E-state index is 0.0453. The highest BCUT2D eigenvalue weighted by Gasteiger charge is 2.17. The van der Waals surface area contributed by atoms with E-state index in [9.17, 15) is 13.6 Å². The number of hydrogen-bond donors (Lipinski definition) is 0. The number of Topliss-reactive ketones (excluding diaryl/α,β-unsaturated/α-hetero) is 1. The lowest BCUT2D eigenvalue weighted by molar-refractivity contribution is -0.119. The molecule has 1 aliphatic heterocycles. The number of hydrogen-bond acceptors (Lipinski definition) is 2. The lowest BCUT2D eigenvalue weighted by Gasteiger charge is -2.08. The van der Waals surface area contributed by atoms with Gasteiger partial charge in [-0.25, -0.2) is 8.78 Å². The Labute approximate surface area is 105 Å². The van der Waals surface area contributed by atoms with Gasteiger partial charge in [-0.3, -0.25) is 4.79 Å². The van der Waals surface area contributed by atoms with Gasteiger partial charge in [0.1, 0.15) is 5.78 Å². The second-order valence-electron chi connectivity index (χ2n) is 4.60. The van der Waals surface area contributed by atoms with Crippen molar-refractivity contribution >= 4 is 5.78 Å². The van der Waals surface area contributed by atoms with E-state index in [0.717, 1.165) is 25.5 Å². The van der Waals surface area contributed by atoms with Gasteiger partial charge in [-0.2, -0.15) is 0 Å². The van der Waals surface area contributed by atoms with Crippen molar-refractivity contribution in [2.45, 2.75) is 38.2 Å². The van der Waals surface area contributed by atoms with Crippen LogP contribution in [0.15, 0.2) is 18.2 Å². The van der Waals surface area contributed by atoms with Crippen molar-refractivity contribution < 1.29 is 18.3 Å². The molecule has 98 valence electrons. The monoisotopic (exact) mass is 254 g/mol. The summed E-state index contributed by atoms with van der Waals surface area (Å²) < 4.78 is 31.7. The van der Waals surface area contributed by atoms with Gasteiger partial charge in [-0.05, 0) is 30.9 Å². The van der Waals surface area contributed by atoms with Crippen LogP contribution in [0.2, 0.25) is 0 Å². The highest BCUT2D eigenvalue weighted by Crippen LogP contribution is 2.18. The summed E-state index contributed by atoms with van der Waals surface area (Å²) in [7, 11) is 0. The zero-order chi connectivity index (χ0) is 13.0. The molecule has 1 aromatic rings. The molecule has 2 nitrogen and oxygen atoms in total. The van der Waals surface area contributed by atoms with E-state index in [1.54, 1.807) is 0 Å². The van der Waals surface area contributed by atoms with Gasteiger partial charge in [0.15, 0.2) is 11.6 Å². The topological polar surface area (TPSA) is 26.3 Å². The first-order chi connectivity index (χ1) is 8.66. The standard InChI is InChI=1S/C14H16F2O2/c15-13-5-1-3-10(14(13)16)9-11(17)6-7-12-4-2-8-18-12/h1,3,5,12H,2,4,6-9H2. The fraction of sp³-hybridized carbons (Fsp3) is 0.500. The number of carbonyl (C=O) groups excluding carboxylic acids is 1. The third-order valence-corrected chi connectivity index (χ3v) is 3.19. The molecule has 0 amide bonds. The molecule has 2 rings (SSSR count). The van der Waals surface area contributed by atoms with E-state index < -0.39 is 11.6 Å². The molecule has 18 heavy (non-hydrogen) atoms. The number of ether oxygens (including phenoxy) is 1. The molecular formula is C14H16F2O2. The zero-order valence-corrected chi connectivity index (χ0v) is 10.1. The molecule has 1 heterocycles. The zero-order valence-electron chi connectivity index (χ0n) is 10.1. The number of carbonyl (C=O) groups is 1. The van der Waals surface area contributed by atoms with E-state index in [1.807, 2.05) is 0 Å². The Balaban J connectivity index is 1.84. The molecule has 1 saturated heterocycles. The van der Waals surface area contributed by atoms with Crippen LogP contribution in [0, 0.1) is 11.6 Å². The van der Waals surface area contributed by atoms with Crippen molar-refractivity contribution in [3.05, 3.63) is 35.4 Å². The largest absolute Gasteiger partial charge is 0.378 e. The minimum Gasteiger partial charge on any atom is -0.378 e. The fourth-order valence-electron chi connectivity index (χ4n) is 2.18. The summed E-state index contributed by atoms with van der Waals surface area (Å²) in [6.45, 7) is 0.761. The molecule has 0 spiro atoms. The van der Waals surface area contributed by atoms with E-state index in [-0.39, 0.29) is 23.9 Å². The van der Waals surface area contributed by atoms with Gasteiger partial charge >= 0.3 is 0 Å². The molecule has 1 atom stereocenters. The first-order valence-electron chi connectivity index (χ1n) is 6.23. The van der Waals surface area contributed by atoms with Crippen molar-refractivity contribution in [2.75, 3.05) is 6.61 Å². The molecule has 1 unspecified atom stereocenters. The molecule has 0 bridgehead atoms. The maximum absolute atomic E-state index is 13.4. The average Bonchev–Trinajstić information content (AvgIpc) is 2.86. The lowest BCUT2D eigenvalue weighted by Crippen LogP contribution is -2.11. The Kier molecular flexibility index (Phi) is 4.42. The maximum atomic E-state index is 13.4. The van der Waals surface area contributed by atoms with Crippen LogP contribution in [-0.4, -0.2) is 18.5 Å². The first kappa shape index (κ1) is 13.1. The highest BCUT2D eigenvalue weighted by atomic mass is 19.2. The molecule has 0 radical (unpaired) electrons. The Morgan fingerprint density at radius 2 is 2.22 bits per heavy atom. The molecule has 0 N–H and O–H groups in total. The van der Waals surface area contributed by atoms with E-state index in [2.05, 4.69) is 0 Å². The first-order valence-corrected chi connectivity index (χ1v) is 6.23. The molecule has 4 heteroatoms. The molecular weight excluding hydrogens is 238 g/mol. The van der Waals surface area contributed by atoms with Crippen LogP contribution < -0.4 is 0 Å². The lowest BCUT2D eigenvalue weighted by atomic mass is 10.0. The van der Waals surface area contributed by atoms with Crippen LogP contribution in [-0.2, 0) is 16.0 Å². The Morgan fingerprint density at radius 1 is 1.39 bits per heavy atom. The normalized spacial score (nSPS) is 19.1. The van der Waals surface area contributed by atoms with Crippen molar-refractivity contribution in [2.24, 2.45) is 0 Å². The predicted molar refractivity (Wildman–Crippen MR) is 63.3 cm³/mol. The summed E-state index contributed by atoms with van der Waals surface area (Å²) in [5, 5.41) is 0. The van der Waals surface area contributed by atoms with Gasteiger partial charge in [0.2, 0.25) is 0 Å². The maximum Gasteiger partial charge on any atom is 0.162 e. The van der Waals surface area contributed by atoms with Crippen molar-refractivity contribution in [1.29, 1.82) is 0 Å². The smallest absolute Gasteiger partial charge is 0.162 e. The van der Waals surface area contributed by atoms with Crippen molar-refractivity contribution in [1.82, 2.24) is 0 Å². The summed E-state index contributed by atoms with van der Waals surface area (Å²) in [5.41, 5.74) is 0.132. The molecule has 1 aliphatic rings. The minimum atomic E-state index is -0.914. The number of ketones is 1. The molecule has 1 fully saturated rings. The summed E-state index contributed by atoms with van der Waals surface area (Å²) in [5.74, 6) is -1.89. The SMILES string of the molecule is O=C(CCC1CCCO1)Cc1cccc(F)c1F. The van der Waals surface area contributed by atoms with E-state index in [0.29, 0.717) is 12.8 Å². The quantitative estimate of drug-likeness (QED) is 0.807. The molecule has 1 aromatic carbocycles. The van der Waals surface area contributed by atoms with E-state index in [1.165, 1.54) is 12.1 Å². The second-order valence-corrected chi connectivity index (χ2v) is 4.60. The van der Waals surface area contributed by atoms with Crippen molar-refractivity contribution in [3.8, 4) is 0 Å². The van der Waals surface area contributed by atoms with Gasteiger partial charge in [-0.1, -0.05) is 12.1 Å². The third-order valence-electron chi connectivity index (χ3n) is 3.19. The van der Waals surface area contributed by atoms with Crippen LogP contribution >= 0.6 is 0 Å². The Morgan fingerprint density at radius 3 is 2.94 bits per heavy atom. The predicted octanol–water partition coefficient (Wildman–Crippen LogP) is 3.04. The summed E-state index contributed by atoms with van der Waals surface area (Å²) in [6, 6.07) is 3.92. The third kappa shape index (κ3) is 3.35. The van der Waals surface area contributed by atoms with Gasteiger partial charge < -0.3 is 4.74 Å². The van der Waals surface area contributed by atoms with E-state index in [4.69, 9.17) is 4.74 Å².